The van der Waals surface area contributed by atoms with E-state index in [9.17, 15) is 4.79 Å². The zero-order valence-electron chi connectivity index (χ0n) is 5.54. The summed E-state index contributed by atoms with van der Waals surface area (Å²) >= 11 is 1.64. The lowest BCUT2D eigenvalue weighted by atomic mass is 10.3. The molecule has 2 heteroatoms. The lowest BCUT2D eigenvalue weighted by Crippen LogP contribution is -1.64. The molecular weight excluding hydrogens is 144 g/mol. The van der Waals surface area contributed by atoms with Gasteiger partial charge in [0.25, 0.3) is 0 Å². The smallest absolute Gasteiger partial charge is 0.160 e. The van der Waals surface area contributed by atoms with Crippen LogP contribution in [0.3, 0.4) is 0 Å². The Labute approximate surface area is 63.7 Å². The average molecular weight is 152 g/mol. The maximum absolute atomic E-state index is 10.3. The van der Waals surface area contributed by atoms with Gasteiger partial charge in [-0.3, -0.25) is 4.79 Å². The first kappa shape index (κ1) is 6.10. The molecule has 0 aliphatic heterocycles. The number of carbonyl (C=O) groups excluding carboxylic acids is 1. The number of thiophene rings is 1. The van der Waals surface area contributed by atoms with E-state index < -0.39 is 0 Å². The Kier molecular flexibility index (Phi) is 1.34. The quantitative estimate of drug-likeness (QED) is 0.595. The lowest BCUT2D eigenvalue weighted by Gasteiger charge is -1.83. The summed E-state index contributed by atoms with van der Waals surface area (Å²) in [5.74, 6) is 0.790. The van der Waals surface area contributed by atoms with Gasteiger partial charge in [0.05, 0.1) is 4.88 Å². The average Bonchev–Trinajstić information content (AvgIpc) is 2.70. The zero-order chi connectivity index (χ0) is 6.97. The third-order valence-corrected chi connectivity index (χ3v) is 2.92. The van der Waals surface area contributed by atoms with Crippen LogP contribution in [-0.4, -0.2) is 6.29 Å². The van der Waals surface area contributed by atoms with E-state index in [1.807, 2.05) is 6.07 Å². The Hall–Kier alpha value is -0.630. The van der Waals surface area contributed by atoms with Crippen LogP contribution in [0.4, 0.5) is 0 Å². The first-order valence-electron chi connectivity index (χ1n) is 3.45. The van der Waals surface area contributed by atoms with Crippen LogP contribution in [0.15, 0.2) is 12.1 Å². The first-order chi connectivity index (χ1) is 4.90. The van der Waals surface area contributed by atoms with Crippen LogP contribution in [0, 0.1) is 0 Å². The third-order valence-electron chi connectivity index (χ3n) is 1.74. The van der Waals surface area contributed by atoms with Gasteiger partial charge in [0.1, 0.15) is 0 Å². The Bertz CT molecular complexity index is 248. The van der Waals surface area contributed by atoms with Crippen LogP contribution in [-0.2, 0) is 0 Å². The summed E-state index contributed by atoms with van der Waals surface area (Å²) in [5, 5.41) is 0. The number of carbonyl (C=O) groups is 1. The highest BCUT2D eigenvalue weighted by molar-refractivity contribution is 7.13. The van der Waals surface area contributed by atoms with E-state index in [2.05, 4.69) is 6.07 Å². The molecule has 0 atom stereocenters. The molecule has 52 valence electrons. The van der Waals surface area contributed by atoms with E-state index >= 15 is 0 Å². The van der Waals surface area contributed by atoms with Crippen molar-refractivity contribution in [2.45, 2.75) is 18.8 Å². The molecule has 1 nitrogen and oxygen atoms in total. The van der Waals surface area contributed by atoms with Gasteiger partial charge in [-0.2, -0.15) is 0 Å². The molecule has 0 saturated heterocycles. The monoisotopic (exact) mass is 152 g/mol. The molecule has 1 fully saturated rings. The third kappa shape index (κ3) is 0.991. The van der Waals surface area contributed by atoms with Crippen molar-refractivity contribution in [1.29, 1.82) is 0 Å². The minimum atomic E-state index is 0.790. The van der Waals surface area contributed by atoms with Crippen LogP contribution >= 0.6 is 11.3 Å². The minimum absolute atomic E-state index is 0.790. The van der Waals surface area contributed by atoms with Crippen LogP contribution in [0.2, 0.25) is 0 Å². The highest BCUT2D eigenvalue weighted by atomic mass is 32.1. The fraction of sp³-hybridized carbons (Fsp3) is 0.375. The van der Waals surface area contributed by atoms with Crippen LogP contribution in [0.25, 0.3) is 0 Å². The summed E-state index contributed by atoms with van der Waals surface area (Å²) in [5.41, 5.74) is 0. The molecule has 0 unspecified atom stereocenters. The van der Waals surface area contributed by atoms with Crippen molar-refractivity contribution in [3.8, 4) is 0 Å². The number of hydrogen-bond acceptors (Lipinski definition) is 2. The molecule has 0 amide bonds. The number of hydrogen-bond donors (Lipinski definition) is 0. The minimum Gasteiger partial charge on any atom is -0.297 e. The van der Waals surface area contributed by atoms with Gasteiger partial charge in [-0.25, -0.2) is 0 Å². The highest BCUT2D eigenvalue weighted by Gasteiger charge is 2.24. The molecule has 1 aliphatic rings. The molecule has 10 heavy (non-hydrogen) atoms. The van der Waals surface area contributed by atoms with Crippen molar-refractivity contribution >= 4 is 17.6 Å². The Morgan fingerprint density at radius 2 is 2.30 bits per heavy atom. The maximum atomic E-state index is 10.3. The van der Waals surface area contributed by atoms with Gasteiger partial charge in [-0.15, -0.1) is 11.3 Å². The summed E-state index contributed by atoms with van der Waals surface area (Å²) in [4.78, 5) is 12.5. The van der Waals surface area contributed by atoms with Crippen molar-refractivity contribution < 1.29 is 4.79 Å². The maximum Gasteiger partial charge on any atom is 0.160 e. The Morgan fingerprint density at radius 1 is 1.50 bits per heavy atom. The topological polar surface area (TPSA) is 17.1 Å². The normalized spacial score (nSPS) is 17.2. The van der Waals surface area contributed by atoms with Crippen LogP contribution in [0.5, 0.6) is 0 Å². The second-order valence-corrected chi connectivity index (χ2v) is 3.78. The van der Waals surface area contributed by atoms with E-state index in [4.69, 9.17) is 0 Å². The number of rotatable bonds is 2. The molecule has 1 aromatic heterocycles. The molecule has 0 N–H and O–H groups in total. The molecule has 0 spiro atoms. The van der Waals surface area contributed by atoms with E-state index in [0.717, 1.165) is 17.1 Å². The summed E-state index contributed by atoms with van der Waals surface area (Å²) < 4.78 is 0. The molecule has 1 saturated carbocycles. The molecular formula is C8H8OS. The molecule has 0 aromatic carbocycles. The van der Waals surface area contributed by atoms with Gasteiger partial charge in [-0.05, 0) is 30.9 Å². The fourth-order valence-corrected chi connectivity index (χ4v) is 2.01. The van der Waals surface area contributed by atoms with Crippen LogP contribution < -0.4 is 0 Å². The van der Waals surface area contributed by atoms with Gasteiger partial charge in [0.2, 0.25) is 0 Å². The van der Waals surface area contributed by atoms with E-state index in [1.165, 1.54) is 17.7 Å². The summed E-state index contributed by atoms with van der Waals surface area (Å²) in [6.07, 6.45) is 3.56. The Balaban J connectivity index is 2.26. The highest BCUT2D eigenvalue weighted by Crippen LogP contribution is 2.42. The largest absolute Gasteiger partial charge is 0.297 e. The molecule has 1 aromatic rings. The number of aldehydes is 1. The predicted octanol–water partition coefficient (Wildman–Crippen LogP) is 2.44. The van der Waals surface area contributed by atoms with Crippen molar-refractivity contribution in [1.82, 2.24) is 0 Å². The fourth-order valence-electron chi connectivity index (χ4n) is 1.02. The molecule has 1 aliphatic carbocycles. The Morgan fingerprint density at radius 3 is 2.80 bits per heavy atom. The van der Waals surface area contributed by atoms with Crippen molar-refractivity contribution in [3.63, 3.8) is 0 Å². The zero-order valence-corrected chi connectivity index (χ0v) is 6.36. The van der Waals surface area contributed by atoms with Gasteiger partial charge in [0.15, 0.2) is 6.29 Å². The second-order valence-electron chi connectivity index (χ2n) is 2.63. The van der Waals surface area contributed by atoms with E-state index in [0.29, 0.717) is 0 Å². The molecule has 2 rings (SSSR count). The van der Waals surface area contributed by atoms with Gasteiger partial charge >= 0.3 is 0 Å². The SMILES string of the molecule is O=Cc1ccc(C2CC2)s1. The van der Waals surface area contributed by atoms with Crippen molar-refractivity contribution in [2.75, 3.05) is 0 Å². The van der Waals surface area contributed by atoms with Crippen LogP contribution in [0.1, 0.15) is 33.3 Å². The van der Waals surface area contributed by atoms with Gasteiger partial charge < -0.3 is 0 Å². The van der Waals surface area contributed by atoms with Crippen molar-refractivity contribution in [3.05, 3.63) is 21.9 Å². The summed E-state index contributed by atoms with van der Waals surface area (Å²) in [7, 11) is 0. The standard InChI is InChI=1S/C8H8OS/c9-5-7-3-4-8(10-7)6-1-2-6/h3-6H,1-2H2. The molecule has 0 radical (unpaired) electrons. The predicted molar refractivity (Wildman–Crippen MR) is 41.7 cm³/mol. The lowest BCUT2D eigenvalue weighted by molar-refractivity contribution is 0.112. The van der Waals surface area contributed by atoms with Gasteiger partial charge in [-0.1, -0.05) is 0 Å². The molecule has 0 bridgehead atoms. The summed E-state index contributed by atoms with van der Waals surface area (Å²) in [6, 6.07) is 3.98. The summed E-state index contributed by atoms with van der Waals surface area (Å²) in [6.45, 7) is 0. The van der Waals surface area contributed by atoms with Crippen molar-refractivity contribution in [2.24, 2.45) is 0 Å². The van der Waals surface area contributed by atoms with Gasteiger partial charge in [0, 0.05) is 4.88 Å². The first-order valence-corrected chi connectivity index (χ1v) is 4.26. The molecule has 1 heterocycles. The van der Waals surface area contributed by atoms with E-state index in [1.54, 1.807) is 11.3 Å². The second kappa shape index (κ2) is 2.20. The van der Waals surface area contributed by atoms with E-state index in [-0.39, 0.29) is 0 Å².